The van der Waals surface area contributed by atoms with E-state index < -0.39 is 6.10 Å². The molecule has 1 unspecified atom stereocenters. The number of aryl methyl sites for hydroxylation is 1. The average molecular weight is 371 g/mol. The van der Waals surface area contributed by atoms with E-state index in [1.165, 1.54) is 0 Å². The smallest absolute Gasteiger partial charge is 0.0841 e. The van der Waals surface area contributed by atoms with Crippen molar-refractivity contribution < 1.29 is 5.11 Å². The topological polar surface area (TPSA) is 33.1 Å². The monoisotopic (exact) mass is 369 g/mol. The molecule has 0 radical (unpaired) electrons. The molecule has 94 valence electrons. The molecule has 0 saturated heterocycles. The van der Waals surface area contributed by atoms with Crippen LogP contribution in [0.1, 0.15) is 22.8 Å². The van der Waals surface area contributed by atoms with Crippen molar-refractivity contribution in [3.05, 3.63) is 62.3 Å². The van der Waals surface area contributed by atoms with Gasteiger partial charge in [0.05, 0.1) is 6.10 Å². The van der Waals surface area contributed by atoms with Crippen LogP contribution in [0.5, 0.6) is 0 Å². The van der Waals surface area contributed by atoms with Gasteiger partial charge in [-0.2, -0.15) is 0 Å². The minimum atomic E-state index is -0.532. The minimum absolute atomic E-state index is 0.532. The highest BCUT2D eigenvalue weighted by Gasteiger charge is 2.13. The highest BCUT2D eigenvalue weighted by atomic mass is 79.9. The molecule has 0 aliphatic carbocycles. The van der Waals surface area contributed by atoms with Gasteiger partial charge >= 0.3 is 0 Å². The number of rotatable bonds is 3. The normalized spacial score (nSPS) is 12.4. The third-order valence-corrected chi connectivity index (χ3v) is 4.29. The van der Waals surface area contributed by atoms with Gasteiger partial charge < -0.3 is 5.11 Å². The Balaban J connectivity index is 2.22. The van der Waals surface area contributed by atoms with E-state index >= 15 is 0 Å². The molecule has 0 saturated carbocycles. The molecule has 1 aromatic carbocycles. The fourth-order valence-electron chi connectivity index (χ4n) is 1.83. The molecule has 2 rings (SSSR count). The average Bonchev–Trinajstić information content (AvgIpc) is 2.32. The summed E-state index contributed by atoms with van der Waals surface area (Å²) in [6.07, 6.45) is 3.53. The summed E-state index contributed by atoms with van der Waals surface area (Å²) >= 11 is 6.90. The first-order valence-corrected chi connectivity index (χ1v) is 7.19. The maximum Gasteiger partial charge on any atom is 0.0841 e. The summed E-state index contributed by atoms with van der Waals surface area (Å²) in [7, 11) is 0. The predicted octanol–water partition coefficient (Wildman–Crippen LogP) is 4.19. The van der Waals surface area contributed by atoms with Crippen LogP contribution in [0, 0.1) is 6.92 Å². The van der Waals surface area contributed by atoms with Crippen LogP contribution in [0.15, 0.2) is 45.6 Å². The van der Waals surface area contributed by atoms with Gasteiger partial charge in [-0.3, -0.25) is 4.98 Å². The third-order valence-electron chi connectivity index (χ3n) is 2.77. The quantitative estimate of drug-likeness (QED) is 0.878. The van der Waals surface area contributed by atoms with Gasteiger partial charge in [-0.05, 0) is 45.6 Å². The van der Waals surface area contributed by atoms with E-state index in [-0.39, 0.29) is 0 Å². The molecule has 18 heavy (non-hydrogen) atoms. The first-order chi connectivity index (χ1) is 8.58. The molecule has 2 aromatic rings. The summed E-state index contributed by atoms with van der Waals surface area (Å²) in [5, 5.41) is 10.3. The van der Waals surface area contributed by atoms with Crippen molar-refractivity contribution in [2.45, 2.75) is 19.4 Å². The summed E-state index contributed by atoms with van der Waals surface area (Å²) in [6.45, 7) is 2.01. The Kier molecular flexibility index (Phi) is 4.54. The van der Waals surface area contributed by atoms with Crippen LogP contribution in [0.3, 0.4) is 0 Å². The summed E-state index contributed by atoms with van der Waals surface area (Å²) in [5.74, 6) is 0. The Morgan fingerprint density at radius 1 is 1.28 bits per heavy atom. The fourth-order valence-corrected chi connectivity index (χ4v) is 2.77. The lowest BCUT2D eigenvalue weighted by molar-refractivity contribution is 0.177. The molecule has 1 N–H and O–H groups in total. The Labute approximate surface area is 123 Å². The third kappa shape index (κ3) is 3.19. The van der Waals surface area contributed by atoms with Crippen molar-refractivity contribution >= 4 is 31.9 Å². The van der Waals surface area contributed by atoms with Gasteiger partial charge in [0.1, 0.15) is 0 Å². The molecule has 0 spiro atoms. The Morgan fingerprint density at radius 3 is 2.78 bits per heavy atom. The minimum Gasteiger partial charge on any atom is -0.388 e. The van der Waals surface area contributed by atoms with E-state index in [1.807, 2.05) is 31.2 Å². The number of hydrogen-bond acceptors (Lipinski definition) is 2. The summed E-state index contributed by atoms with van der Waals surface area (Å²) in [5.41, 5.74) is 3.04. The first kappa shape index (κ1) is 13.7. The zero-order valence-electron chi connectivity index (χ0n) is 9.90. The van der Waals surface area contributed by atoms with Crippen molar-refractivity contribution in [1.82, 2.24) is 4.98 Å². The molecule has 2 nitrogen and oxygen atoms in total. The molecule has 0 aliphatic heterocycles. The van der Waals surface area contributed by atoms with Gasteiger partial charge in [-0.25, -0.2) is 0 Å². The van der Waals surface area contributed by atoms with E-state index in [0.717, 1.165) is 25.6 Å². The SMILES string of the molecule is Cc1cccc(C(O)Cc2cncc(Br)c2)c1Br. The Morgan fingerprint density at radius 2 is 2.06 bits per heavy atom. The Bertz CT molecular complexity index is 557. The molecule has 1 atom stereocenters. The number of aromatic nitrogens is 1. The van der Waals surface area contributed by atoms with Crippen molar-refractivity contribution in [2.75, 3.05) is 0 Å². The van der Waals surface area contributed by atoms with Gasteiger partial charge in [-0.1, -0.05) is 34.1 Å². The highest BCUT2D eigenvalue weighted by Crippen LogP contribution is 2.28. The highest BCUT2D eigenvalue weighted by molar-refractivity contribution is 9.10. The standard InChI is InChI=1S/C14H13Br2NO/c1-9-3-2-4-12(14(9)16)13(18)6-10-5-11(15)8-17-7-10/h2-5,7-8,13,18H,6H2,1H3. The lowest BCUT2D eigenvalue weighted by atomic mass is 10.0. The van der Waals surface area contributed by atoms with Crippen molar-refractivity contribution in [1.29, 1.82) is 0 Å². The lowest BCUT2D eigenvalue weighted by Gasteiger charge is -2.14. The second-order valence-electron chi connectivity index (χ2n) is 4.21. The first-order valence-electron chi connectivity index (χ1n) is 5.60. The van der Waals surface area contributed by atoms with Gasteiger partial charge in [-0.15, -0.1) is 0 Å². The summed E-state index contributed by atoms with van der Waals surface area (Å²) in [4.78, 5) is 4.10. The van der Waals surface area contributed by atoms with E-state index in [9.17, 15) is 5.11 Å². The number of benzene rings is 1. The second kappa shape index (κ2) is 5.95. The van der Waals surface area contributed by atoms with Gasteiger partial charge in [0.25, 0.3) is 0 Å². The number of aliphatic hydroxyl groups excluding tert-OH is 1. The Hall–Kier alpha value is -0.710. The molecular formula is C14H13Br2NO. The van der Waals surface area contributed by atoms with Crippen LogP contribution >= 0.6 is 31.9 Å². The van der Waals surface area contributed by atoms with E-state index in [0.29, 0.717) is 6.42 Å². The van der Waals surface area contributed by atoms with Crippen LogP contribution < -0.4 is 0 Å². The number of pyridine rings is 1. The van der Waals surface area contributed by atoms with Crippen LogP contribution in [0.2, 0.25) is 0 Å². The van der Waals surface area contributed by atoms with Crippen LogP contribution in [0.4, 0.5) is 0 Å². The van der Waals surface area contributed by atoms with E-state index in [2.05, 4.69) is 36.8 Å². The van der Waals surface area contributed by atoms with Gasteiger partial charge in [0.2, 0.25) is 0 Å². The van der Waals surface area contributed by atoms with Crippen LogP contribution in [0.25, 0.3) is 0 Å². The maximum atomic E-state index is 10.3. The van der Waals surface area contributed by atoms with Crippen molar-refractivity contribution in [3.63, 3.8) is 0 Å². The largest absolute Gasteiger partial charge is 0.388 e. The van der Waals surface area contributed by atoms with Crippen molar-refractivity contribution in [2.24, 2.45) is 0 Å². The lowest BCUT2D eigenvalue weighted by Crippen LogP contribution is -2.03. The molecule has 0 amide bonds. The van der Waals surface area contributed by atoms with Crippen LogP contribution in [-0.4, -0.2) is 10.1 Å². The molecular weight excluding hydrogens is 358 g/mol. The molecule has 4 heteroatoms. The molecule has 0 aliphatic rings. The second-order valence-corrected chi connectivity index (χ2v) is 5.92. The predicted molar refractivity (Wildman–Crippen MR) is 79.5 cm³/mol. The number of nitrogens with zero attached hydrogens (tertiary/aromatic N) is 1. The molecule has 1 aromatic heterocycles. The number of halogens is 2. The van der Waals surface area contributed by atoms with Crippen LogP contribution in [-0.2, 0) is 6.42 Å². The number of aliphatic hydroxyl groups is 1. The van der Waals surface area contributed by atoms with Gasteiger partial charge in [0.15, 0.2) is 0 Å². The van der Waals surface area contributed by atoms with Gasteiger partial charge in [0, 0.05) is 27.8 Å². The van der Waals surface area contributed by atoms with E-state index in [4.69, 9.17) is 0 Å². The number of hydrogen-bond donors (Lipinski definition) is 1. The molecule has 0 bridgehead atoms. The maximum absolute atomic E-state index is 10.3. The summed E-state index contributed by atoms with van der Waals surface area (Å²) < 4.78 is 1.90. The molecule has 0 fully saturated rings. The molecule has 1 heterocycles. The van der Waals surface area contributed by atoms with E-state index in [1.54, 1.807) is 12.4 Å². The fraction of sp³-hybridized carbons (Fsp3) is 0.214. The van der Waals surface area contributed by atoms with Crippen molar-refractivity contribution in [3.8, 4) is 0 Å². The summed E-state index contributed by atoms with van der Waals surface area (Å²) in [6, 6.07) is 7.88. The zero-order valence-corrected chi connectivity index (χ0v) is 13.1. The zero-order chi connectivity index (χ0) is 13.1.